The molecule has 13 heavy (non-hydrogen) atoms. The summed E-state index contributed by atoms with van der Waals surface area (Å²) in [5.41, 5.74) is 1.25. The van der Waals surface area contributed by atoms with Crippen LogP contribution in [0.5, 0.6) is 0 Å². The molecule has 0 bridgehead atoms. The summed E-state index contributed by atoms with van der Waals surface area (Å²) < 4.78 is 0.719. The lowest BCUT2D eigenvalue weighted by molar-refractivity contribution is 0.347. The fourth-order valence-electron chi connectivity index (χ4n) is 1.28. The Labute approximate surface area is 87.4 Å². The zero-order valence-electron chi connectivity index (χ0n) is 7.18. The van der Waals surface area contributed by atoms with Gasteiger partial charge in [-0.2, -0.15) is 5.10 Å². The fraction of sp³-hybridized carbons (Fsp3) is 0.222. The zero-order chi connectivity index (χ0) is 9.26. The molecule has 0 fully saturated rings. The molecule has 0 N–H and O–H groups in total. The minimum atomic E-state index is 0.258. The van der Waals surface area contributed by atoms with E-state index in [2.05, 4.69) is 17.2 Å². The number of nitrogens with zero attached hydrogens (tertiary/aromatic N) is 2. The number of hydrogen-bond donors (Lipinski definition) is 0. The van der Waals surface area contributed by atoms with E-state index in [1.807, 2.05) is 30.3 Å². The molecule has 1 aliphatic heterocycles. The van der Waals surface area contributed by atoms with E-state index in [0.29, 0.717) is 0 Å². The van der Waals surface area contributed by atoms with Crippen LogP contribution < -0.4 is 0 Å². The van der Waals surface area contributed by atoms with Crippen LogP contribution in [-0.2, 0) is 12.6 Å². The molecule has 0 saturated heterocycles. The van der Waals surface area contributed by atoms with E-state index in [9.17, 15) is 0 Å². The zero-order valence-corrected chi connectivity index (χ0v) is 8.81. The number of hydrazone groups is 1. The van der Waals surface area contributed by atoms with E-state index < -0.39 is 0 Å². The quantitative estimate of drug-likeness (QED) is 0.659. The van der Waals surface area contributed by atoms with Crippen molar-refractivity contribution < 1.29 is 0 Å². The van der Waals surface area contributed by atoms with Gasteiger partial charge in [-0.3, -0.25) is 5.01 Å². The van der Waals surface area contributed by atoms with Crippen LogP contribution in [0, 0.1) is 0 Å². The van der Waals surface area contributed by atoms with Gasteiger partial charge in [0.15, 0.2) is 0 Å². The molecule has 0 radical (unpaired) electrons. The molecule has 1 heterocycles. The van der Waals surface area contributed by atoms with Gasteiger partial charge in [-0.25, -0.2) is 0 Å². The second kappa shape index (κ2) is 3.55. The van der Waals surface area contributed by atoms with Crippen LogP contribution in [-0.4, -0.2) is 16.4 Å². The highest BCUT2D eigenvalue weighted by Gasteiger charge is 2.20. The third-order valence-corrected chi connectivity index (χ3v) is 3.33. The Balaban J connectivity index is 2.21. The van der Waals surface area contributed by atoms with Crippen LogP contribution in [0.15, 0.2) is 35.4 Å². The van der Waals surface area contributed by atoms with Gasteiger partial charge in [-0.1, -0.05) is 30.3 Å². The molecule has 0 aromatic heterocycles. The van der Waals surface area contributed by atoms with Crippen molar-refractivity contribution in [3.8, 4) is 0 Å². The van der Waals surface area contributed by atoms with Crippen LogP contribution in [0.3, 0.4) is 0 Å². The Bertz CT molecular complexity index is 324. The van der Waals surface area contributed by atoms with Gasteiger partial charge in [0.25, 0.3) is 0 Å². The third-order valence-electron chi connectivity index (χ3n) is 1.88. The normalized spacial score (nSPS) is 21.8. The van der Waals surface area contributed by atoms with Crippen molar-refractivity contribution in [2.75, 3.05) is 7.05 Å². The van der Waals surface area contributed by atoms with Crippen molar-refractivity contribution in [3.63, 3.8) is 0 Å². The smallest absolute Gasteiger partial charge is 0.121 e. The topological polar surface area (TPSA) is 15.6 Å². The molecule has 0 saturated carbocycles. The Hall–Kier alpha value is -0.740. The molecule has 68 valence electrons. The van der Waals surface area contributed by atoms with Gasteiger partial charge in [0.1, 0.15) is 5.37 Å². The molecule has 1 aliphatic rings. The summed E-state index contributed by atoms with van der Waals surface area (Å²) in [6.45, 7) is 0. The van der Waals surface area contributed by atoms with Gasteiger partial charge in [0.2, 0.25) is 0 Å². The maximum atomic E-state index is 5.03. The van der Waals surface area contributed by atoms with Crippen molar-refractivity contribution in [2.24, 2.45) is 5.10 Å². The number of hydrogen-bond acceptors (Lipinski definition) is 4. The first-order chi connectivity index (χ1) is 6.27. The second-order valence-electron chi connectivity index (χ2n) is 2.82. The average molecular weight is 209 g/mol. The first kappa shape index (κ1) is 8.84. The molecule has 1 unspecified atom stereocenters. The minimum Gasteiger partial charge on any atom is -0.752 e. The first-order valence-electron chi connectivity index (χ1n) is 3.97. The van der Waals surface area contributed by atoms with E-state index in [1.54, 1.807) is 11.8 Å². The number of rotatable bonds is 1. The minimum absolute atomic E-state index is 0.258. The molecule has 4 heteroatoms. The lowest BCUT2D eigenvalue weighted by Crippen LogP contribution is -2.11. The monoisotopic (exact) mass is 209 g/mol. The summed E-state index contributed by atoms with van der Waals surface area (Å²) in [6, 6.07) is 10.3. The SMILES string of the molecule is CN1N=C([S-])SC1c1ccccc1. The number of thioether (sulfide) groups is 1. The lowest BCUT2D eigenvalue weighted by atomic mass is 10.2. The summed E-state index contributed by atoms with van der Waals surface area (Å²) in [4.78, 5) is 0. The summed E-state index contributed by atoms with van der Waals surface area (Å²) in [7, 11) is 1.95. The predicted octanol–water partition coefficient (Wildman–Crippen LogP) is 2.18. The Morgan fingerprint density at radius 3 is 2.62 bits per heavy atom. The van der Waals surface area contributed by atoms with Crippen molar-refractivity contribution in [2.45, 2.75) is 5.37 Å². The molecule has 0 aliphatic carbocycles. The maximum Gasteiger partial charge on any atom is 0.121 e. The van der Waals surface area contributed by atoms with Crippen LogP contribution in [0.1, 0.15) is 10.9 Å². The van der Waals surface area contributed by atoms with E-state index in [-0.39, 0.29) is 5.37 Å². The Morgan fingerprint density at radius 2 is 2.08 bits per heavy atom. The molecule has 2 rings (SSSR count). The largest absolute Gasteiger partial charge is 0.752 e. The summed E-state index contributed by atoms with van der Waals surface area (Å²) in [6.07, 6.45) is 0. The van der Waals surface area contributed by atoms with E-state index in [0.717, 1.165) is 4.38 Å². The first-order valence-corrected chi connectivity index (χ1v) is 5.26. The van der Waals surface area contributed by atoms with E-state index in [4.69, 9.17) is 12.6 Å². The maximum absolute atomic E-state index is 5.03. The van der Waals surface area contributed by atoms with Crippen LogP contribution in [0.2, 0.25) is 0 Å². The highest BCUT2D eigenvalue weighted by Crippen LogP contribution is 2.37. The predicted molar refractivity (Wildman–Crippen MR) is 59.3 cm³/mol. The molecular weight excluding hydrogens is 200 g/mol. The van der Waals surface area contributed by atoms with Gasteiger partial charge < -0.3 is 12.6 Å². The van der Waals surface area contributed by atoms with Crippen molar-refractivity contribution in [3.05, 3.63) is 35.9 Å². The summed E-state index contributed by atoms with van der Waals surface area (Å²) in [5.74, 6) is 0. The average Bonchev–Trinajstić information content (AvgIpc) is 2.47. The van der Waals surface area contributed by atoms with Crippen molar-refractivity contribution in [1.82, 2.24) is 5.01 Å². The van der Waals surface area contributed by atoms with Gasteiger partial charge in [0, 0.05) is 7.05 Å². The fourth-order valence-corrected chi connectivity index (χ4v) is 2.54. The highest BCUT2D eigenvalue weighted by atomic mass is 32.2. The molecule has 1 aromatic carbocycles. The van der Waals surface area contributed by atoms with E-state index >= 15 is 0 Å². The summed E-state index contributed by atoms with van der Waals surface area (Å²) >= 11 is 6.65. The van der Waals surface area contributed by atoms with Gasteiger partial charge >= 0.3 is 0 Å². The molecule has 2 nitrogen and oxygen atoms in total. The molecular formula is C9H9N2S2-. The van der Waals surface area contributed by atoms with Gasteiger partial charge in [-0.05, 0) is 9.94 Å². The van der Waals surface area contributed by atoms with Gasteiger partial charge in [0.05, 0.1) is 0 Å². The van der Waals surface area contributed by atoms with Crippen molar-refractivity contribution >= 4 is 28.8 Å². The van der Waals surface area contributed by atoms with Crippen LogP contribution >= 0.6 is 11.8 Å². The van der Waals surface area contributed by atoms with E-state index in [1.165, 1.54) is 5.56 Å². The lowest BCUT2D eigenvalue weighted by Gasteiger charge is -2.18. The highest BCUT2D eigenvalue weighted by molar-refractivity contribution is 8.27. The van der Waals surface area contributed by atoms with Gasteiger partial charge in [-0.15, -0.1) is 11.8 Å². The standard InChI is InChI=1S/C9H10N2S2/c1-11-8(13-9(12)10-11)7-5-3-2-4-6-7/h2-6,8H,1H3,(H,10,12)/p-1. The summed E-state index contributed by atoms with van der Waals surface area (Å²) in [5, 5.41) is 6.34. The number of benzene rings is 1. The Kier molecular flexibility index (Phi) is 2.42. The van der Waals surface area contributed by atoms with Crippen molar-refractivity contribution in [1.29, 1.82) is 0 Å². The van der Waals surface area contributed by atoms with Crippen LogP contribution in [0.25, 0.3) is 0 Å². The molecule has 0 amide bonds. The Morgan fingerprint density at radius 1 is 1.38 bits per heavy atom. The molecule has 1 atom stereocenters. The molecule has 1 aromatic rings. The molecule has 0 spiro atoms. The second-order valence-corrected chi connectivity index (χ2v) is 4.53. The third kappa shape index (κ3) is 1.78. The van der Waals surface area contributed by atoms with Crippen LogP contribution in [0.4, 0.5) is 0 Å².